The van der Waals surface area contributed by atoms with Gasteiger partial charge >= 0.3 is 12.1 Å². The van der Waals surface area contributed by atoms with Crippen molar-refractivity contribution in [1.82, 2.24) is 10.2 Å². The maximum Gasteiger partial charge on any atom is 0.407 e. The predicted molar refractivity (Wildman–Crippen MR) is 147 cm³/mol. The van der Waals surface area contributed by atoms with Crippen LogP contribution in [-0.4, -0.2) is 61.1 Å². The number of hydrogen-bond acceptors (Lipinski definition) is 6. The van der Waals surface area contributed by atoms with Gasteiger partial charge in [-0.15, -0.1) is 0 Å². The third kappa shape index (κ3) is 9.18. The lowest BCUT2D eigenvalue weighted by Crippen LogP contribution is -2.39. The molecule has 3 amide bonds. The summed E-state index contributed by atoms with van der Waals surface area (Å²) in [5, 5.41) is 2.69. The maximum atomic E-state index is 13.3. The highest BCUT2D eigenvalue weighted by Crippen LogP contribution is 2.26. The Balaban J connectivity index is 1.58. The molecule has 0 fully saturated rings. The van der Waals surface area contributed by atoms with E-state index < -0.39 is 17.7 Å². The molecule has 0 unspecified atom stereocenters. The number of rotatable bonds is 8. The van der Waals surface area contributed by atoms with Gasteiger partial charge in [-0.2, -0.15) is 0 Å². The van der Waals surface area contributed by atoms with Gasteiger partial charge in [-0.05, 0) is 51.0 Å². The van der Waals surface area contributed by atoms with Gasteiger partial charge in [0.2, 0.25) is 5.91 Å². The first-order valence-corrected chi connectivity index (χ1v) is 12.9. The summed E-state index contributed by atoms with van der Waals surface area (Å²) in [5.41, 5.74) is 1.79. The molecule has 2 aromatic carbocycles. The van der Waals surface area contributed by atoms with Gasteiger partial charge in [0, 0.05) is 32.1 Å². The fraction of sp³-hybridized carbons (Fsp3) is 0.400. The molecular weight excluding hydrogens is 498 g/mol. The van der Waals surface area contributed by atoms with E-state index in [4.69, 9.17) is 9.47 Å². The van der Waals surface area contributed by atoms with Crippen LogP contribution in [0.2, 0.25) is 0 Å². The van der Waals surface area contributed by atoms with Gasteiger partial charge in [-0.1, -0.05) is 42.2 Å². The Bertz CT molecular complexity index is 1260. The maximum absolute atomic E-state index is 13.3. The van der Waals surface area contributed by atoms with Crippen molar-refractivity contribution < 1.29 is 28.7 Å². The van der Waals surface area contributed by atoms with Gasteiger partial charge in [0.1, 0.15) is 18.8 Å². The summed E-state index contributed by atoms with van der Waals surface area (Å²) in [5.74, 6) is 5.05. The Morgan fingerprint density at radius 3 is 2.54 bits per heavy atom. The van der Waals surface area contributed by atoms with E-state index in [0.717, 1.165) is 5.56 Å². The fourth-order valence-electron chi connectivity index (χ4n) is 3.79. The summed E-state index contributed by atoms with van der Waals surface area (Å²) in [4.78, 5) is 52.9. The molecule has 0 saturated heterocycles. The zero-order chi connectivity index (χ0) is 28.4. The molecule has 1 aliphatic heterocycles. The molecule has 2 aromatic rings. The molecule has 3 rings (SSSR count). The number of nitrogens with zero attached hydrogens (tertiary/aromatic N) is 2. The Morgan fingerprint density at radius 1 is 1.08 bits per heavy atom. The average molecular weight is 534 g/mol. The number of carbonyl (C=O) groups excluding carboxylic acids is 4. The quantitative estimate of drug-likeness (QED) is 0.314. The largest absolute Gasteiger partial charge is 0.461 e. The second-order valence-corrected chi connectivity index (χ2v) is 10.1. The first-order chi connectivity index (χ1) is 18.5. The summed E-state index contributed by atoms with van der Waals surface area (Å²) in [6.07, 6.45) is 0.687. The molecule has 9 nitrogen and oxygen atoms in total. The highest BCUT2D eigenvalue weighted by atomic mass is 16.6. The zero-order valence-electron chi connectivity index (χ0n) is 22.9. The minimum absolute atomic E-state index is 0.0261. The lowest BCUT2D eigenvalue weighted by atomic mass is 10.1. The average Bonchev–Trinajstić information content (AvgIpc) is 2.98. The molecule has 0 aromatic heterocycles. The van der Waals surface area contributed by atoms with Crippen LogP contribution in [0.1, 0.15) is 61.5 Å². The van der Waals surface area contributed by atoms with E-state index in [0.29, 0.717) is 36.2 Å². The Hall–Kier alpha value is -4.32. The Kier molecular flexibility index (Phi) is 10.1. The van der Waals surface area contributed by atoms with E-state index in [2.05, 4.69) is 17.2 Å². The Morgan fingerprint density at radius 2 is 1.82 bits per heavy atom. The lowest BCUT2D eigenvalue weighted by molar-refractivity contribution is -0.145. The molecule has 1 heterocycles. The van der Waals surface area contributed by atoms with E-state index in [-0.39, 0.29) is 37.9 Å². The van der Waals surface area contributed by atoms with Gasteiger partial charge < -0.3 is 24.6 Å². The molecule has 206 valence electrons. The number of hydrogen-bond donors (Lipinski definition) is 1. The van der Waals surface area contributed by atoms with Gasteiger partial charge in [0.05, 0.1) is 17.7 Å². The summed E-state index contributed by atoms with van der Waals surface area (Å²) in [6.45, 7) is 5.92. The van der Waals surface area contributed by atoms with Crippen molar-refractivity contribution in [2.75, 3.05) is 31.6 Å². The number of unbranched alkanes of at least 4 members (excludes halogenated alkanes) is 1. The van der Waals surface area contributed by atoms with Crippen LogP contribution in [0.15, 0.2) is 48.5 Å². The van der Waals surface area contributed by atoms with Crippen LogP contribution in [0.4, 0.5) is 10.5 Å². The summed E-state index contributed by atoms with van der Waals surface area (Å²) >= 11 is 0. The van der Waals surface area contributed by atoms with Crippen LogP contribution in [0.5, 0.6) is 0 Å². The Labute approximate surface area is 229 Å². The van der Waals surface area contributed by atoms with Crippen LogP contribution >= 0.6 is 0 Å². The van der Waals surface area contributed by atoms with Crippen LogP contribution < -0.4 is 10.2 Å². The molecule has 0 spiro atoms. The predicted octanol–water partition coefficient (Wildman–Crippen LogP) is 3.90. The highest BCUT2D eigenvalue weighted by Gasteiger charge is 2.30. The number of carbonyl (C=O) groups is 4. The second kappa shape index (κ2) is 13.5. The van der Waals surface area contributed by atoms with Crippen molar-refractivity contribution in [2.24, 2.45) is 0 Å². The van der Waals surface area contributed by atoms with Gasteiger partial charge in [-0.3, -0.25) is 14.4 Å². The van der Waals surface area contributed by atoms with Crippen LogP contribution in [0.25, 0.3) is 0 Å². The van der Waals surface area contributed by atoms with Crippen molar-refractivity contribution >= 4 is 29.6 Å². The summed E-state index contributed by atoms with van der Waals surface area (Å²) < 4.78 is 10.5. The van der Waals surface area contributed by atoms with Crippen molar-refractivity contribution in [3.63, 3.8) is 0 Å². The van der Waals surface area contributed by atoms with Gasteiger partial charge in [0.25, 0.3) is 5.91 Å². The van der Waals surface area contributed by atoms with E-state index in [9.17, 15) is 19.2 Å². The molecule has 9 heteroatoms. The third-order valence-corrected chi connectivity index (χ3v) is 5.78. The number of amides is 3. The first-order valence-electron chi connectivity index (χ1n) is 12.9. The van der Waals surface area contributed by atoms with E-state index in [1.807, 2.05) is 30.3 Å². The minimum Gasteiger partial charge on any atom is -0.461 e. The normalized spacial score (nSPS) is 13.1. The monoisotopic (exact) mass is 533 g/mol. The van der Waals surface area contributed by atoms with Crippen LogP contribution in [-0.2, 0) is 25.7 Å². The van der Waals surface area contributed by atoms with Gasteiger partial charge in [-0.25, -0.2) is 4.79 Å². The third-order valence-electron chi connectivity index (χ3n) is 5.78. The highest BCUT2D eigenvalue weighted by molar-refractivity contribution is 6.09. The van der Waals surface area contributed by atoms with Crippen LogP contribution in [0.3, 0.4) is 0 Å². The van der Waals surface area contributed by atoms with E-state index in [1.54, 1.807) is 46.0 Å². The van der Waals surface area contributed by atoms with Crippen molar-refractivity contribution in [1.29, 1.82) is 0 Å². The molecule has 1 N–H and O–H groups in total. The molecule has 0 atom stereocenters. The number of ether oxygens (including phenoxy) is 2. The van der Waals surface area contributed by atoms with Crippen molar-refractivity contribution in [3.8, 4) is 11.8 Å². The molecule has 0 saturated carbocycles. The van der Waals surface area contributed by atoms with Crippen molar-refractivity contribution in [2.45, 2.75) is 52.2 Å². The molecule has 39 heavy (non-hydrogen) atoms. The summed E-state index contributed by atoms with van der Waals surface area (Å²) in [6, 6.07) is 14.5. The standard InChI is InChI=1S/C30H35N3O6/c1-30(2,3)39-29(37)31-17-10-6-9-11-22-14-15-25-24(19-22)28(36)33(20-26(34)32(25)4)18-16-27(35)38-21-23-12-7-5-8-13-23/h5,7-8,12-15,19H,6,10,16-18,20-21H2,1-4H3,(H,31,37). The first kappa shape index (κ1) is 29.2. The number of benzene rings is 2. The summed E-state index contributed by atoms with van der Waals surface area (Å²) in [7, 11) is 1.62. The smallest absolute Gasteiger partial charge is 0.407 e. The minimum atomic E-state index is -0.549. The molecule has 0 radical (unpaired) electrons. The zero-order valence-corrected chi connectivity index (χ0v) is 22.9. The number of esters is 1. The SMILES string of the molecule is CN1C(=O)CN(CCC(=O)OCc2ccccc2)C(=O)c2cc(C#CCCCNC(=O)OC(C)(C)C)ccc21. The number of anilines is 1. The number of fused-ring (bicyclic) bond motifs is 1. The molecular formula is C30H35N3O6. The van der Waals surface area contributed by atoms with Crippen molar-refractivity contribution in [3.05, 3.63) is 65.2 Å². The van der Waals surface area contributed by atoms with Gasteiger partial charge in [0.15, 0.2) is 0 Å². The van der Waals surface area contributed by atoms with E-state index in [1.165, 1.54) is 9.80 Å². The topological polar surface area (TPSA) is 105 Å². The lowest BCUT2D eigenvalue weighted by Gasteiger charge is -2.19. The molecule has 0 bridgehead atoms. The molecule has 1 aliphatic rings. The fourth-order valence-corrected chi connectivity index (χ4v) is 3.79. The van der Waals surface area contributed by atoms with Crippen LogP contribution in [0, 0.1) is 11.8 Å². The number of likely N-dealkylation sites (N-methyl/N-ethyl adjacent to an activating group) is 1. The van der Waals surface area contributed by atoms with E-state index >= 15 is 0 Å². The number of alkyl carbamates (subject to hydrolysis) is 1. The molecule has 0 aliphatic carbocycles. The second-order valence-electron chi connectivity index (χ2n) is 10.1. The number of nitrogens with one attached hydrogen (secondary N) is 1.